The van der Waals surface area contributed by atoms with Gasteiger partial charge in [-0.15, -0.1) is 0 Å². The van der Waals surface area contributed by atoms with Gasteiger partial charge in [0, 0.05) is 19.7 Å². The summed E-state index contributed by atoms with van der Waals surface area (Å²) in [6.07, 6.45) is 1.71. The molecule has 2 aromatic rings. The zero-order chi connectivity index (χ0) is 15.4. The van der Waals surface area contributed by atoms with Crippen LogP contribution in [-0.2, 0) is 11.8 Å². The number of fused-ring (bicyclic) bond motifs is 1. The van der Waals surface area contributed by atoms with Crippen LogP contribution in [0.25, 0.3) is 11.1 Å². The highest BCUT2D eigenvalue weighted by atomic mass is 16.5. The number of carbonyl (C=O) groups excluding carboxylic acids is 1. The Hall–Kier alpha value is -2.50. The van der Waals surface area contributed by atoms with Crippen LogP contribution in [0.2, 0.25) is 0 Å². The Morgan fingerprint density at radius 3 is 2.62 bits per heavy atom. The molecule has 0 spiro atoms. The number of aromatic nitrogens is 2. The van der Waals surface area contributed by atoms with Crippen molar-refractivity contribution < 1.29 is 9.53 Å². The van der Waals surface area contributed by atoms with Crippen molar-refractivity contribution in [2.75, 3.05) is 17.7 Å². The third kappa shape index (κ3) is 1.94. The van der Waals surface area contributed by atoms with Gasteiger partial charge in [-0.2, -0.15) is 5.10 Å². The summed E-state index contributed by atoms with van der Waals surface area (Å²) < 4.78 is 7.40. The molecule has 21 heavy (non-hydrogen) atoms. The molecule has 0 atom stereocenters. The van der Waals surface area contributed by atoms with Crippen molar-refractivity contribution in [2.45, 2.75) is 19.4 Å². The molecule has 1 aromatic carbocycles. The van der Waals surface area contributed by atoms with Gasteiger partial charge in [0.1, 0.15) is 11.6 Å². The lowest BCUT2D eigenvalue weighted by atomic mass is 10.0. The van der Waals surface area contributed by atoms with Crippen LogP contribution in [0.4, 0.5) is 11.5 Å². The fourth-order valence-electron chi connectivity index (χ4n) is 2.53. The number of rotatable bonds is 1. The standard InChI is InChI=1S/C15H18N4O2/c1-15(2)14(20)18(3)11-7-9(5-6-12(11)21-15)10-8-17-19(4)13(10)16/h5-8H,16H2,1-4H3. The van der Waals surface area contributed by atoms with E-state index in [0.29, 0.717) is 11.6 Å². The van der Waals surface area contributed by atoms with E-state index in [-0.39, 0.29) is 5.91 Å². The Morgan fingerprint density at radius 1 is 1.29 bits per heavy atom. The van der Waals surface area contributed by atoms with E-state index in [2.05, 4.69) is 5.10 Å². The highest BCUT2D eigenvalue weighted by Crippen LogP contribution is 2.40. The van der Waals surface area contributed by atoms with Gasteiger partial charge < -0.3 is 15.4 Å². The van der Waals surface area contributed by atoms with Gasteiger partial charge in [-0.05, 0) is 31.5 Å². The largest absolute Gasteiger partial charge is 0.476 e. The Morgan fingerprint density at radius 2 is 2.00 bits per heavy atom. The number of nitrogens with two attached hydrogens (primary N) is 1. The topological polar surface area (TPSA) is 73.4 Å². The van der Waals surface area contributed by atoms with Crippen LogP contribution in [0.5, 0.6) is 5.75 Å². The van der Waals surface area contributed by atoms with E-state index in [0.717, 1.165) is 16.8 Å². The highest BCUT2D eigenvalue weighted by Gasteiger charge is 2.39. The zero-order valence-electron chi connectivity index (χ0n) is 12.5. The number of nitrogens with zero attached hydrogens (tertiary/aromatic N) is 3. The molecule has 0 saturated carbocycles. The van der Waals surface area contributed by atoms with Crippen molar-refractivity contribution in [2.24, 2.45) is 7.05 Å². The molecule has 3 rings (SSSR count). The molecular weight excluding hydrogens is 268 g/mol. The minimum atomic E-state index is -0.851. The number of anilines is 2. The molecule has 6 heteroatoms. The second kappa shape index (κ2) is 4.25. The van der Waals surface area contributed by atoms with Crippen LogP contribution in [-0.4, -0.2) is 28.3 Å². The summed E-state index contributed by atoms with van der Waals surface area (Å²) in [5.74, 6) is 1.20. The van der Waals surface area contributed by atoms with E-state index in [1.54, 1.807) is 43.7 Å². The molecule has 2 heterocycles. The number of nitrogen functional groups attached to an aromatic ring is 1. The van der Waals surface area contributed by atoms with E-state index < -0.39 is 5.60 Å². The van der Waals surface area contributed by atoms with Crippen LogP contribution in [0.3, 0.4) is 0 Å². The molecule has 0 fully saturated rings. The molecule has 2 N–H and O–H groups in total. The van der Waals surface area contributed by atoms with Crippen molar-refractivity contribution in [3.05, 3.63) is 24.4 Å². The zero-order valence-corrected chi connectivity index (χ0v) is 12.5. The molecule has 0 bridgehead atoms. The second-order valence-corrected chi connectivity index (χ2v) is 5.73. The predicted octanol–water partition coefficient (Wildman–Crippen LogP) is 1.80. The lowest BCUT2D eigenvalue weighted by molar-refractivity contribution is -0.132. The normalized spacial score (nSPS) is 16.6. The summed E-state index contributed by atoms with van der Waals surface area (Å²) in [4.78, 5) is 13.9. The lowest BCUT2D eigenvalue weighted by Crippen LogP contribution is -2.50. The summed E-state index contributed by atoms with van der Waals surface area (Å²) in [6.45, 7) is 3.53. The molecule has 6 nitrogen and oxygen atoms in total. The van der Waals surface area contributed by atoms with Gasteiger partial charge in [-0.25, -0.2) is 0 Å². The maximum absolute atomic E-state index is 12.3. The molecule has 0 radical (unpaired) electrons. The van der Waals surface area contributed by atoms with Gasteiger partial charge >= 0.3 is 0 Å². The first-order valence-corrected chi connectivity index (χ1v) is 6.70. The molecule has 110 valence electrons. The molecule has 1 aromatic heterocycles. The summed E-state index contributed by atoms with van der Waals surface area (Å²) in [7, 11) is 3.54. The third-order valence-electron chi connectivity index (χ3n) is 3.80. The predicted molar refractivity (Wildman–Crippen MR) is 81.2 cm³/mol. The lowest BCUT2D eigenvalue weighted by Gasteiger charge is -2.37. The van der Waals surface area contributed by atoms with Crippen molar-refractivity contribution in [1.82, 2.24) is 9.78 Å². The molecular formula is C15H18N4O2. The number of benzene rings is 1. The molecule has 1 aliphatic rings. The quantitative estimate of drug-likeness (QED) is 0.867. The number of carbonyl (C=O) groups is 1. The SMILES string of the molecule is CN1C(=O)C(C)(C)Oc2ccc(-c3cnn(C)c3N)cc21. The smallest absolute Gasteiger partial charge is 0.270 e. The Bertz CT molecular complexity index is 733. The highest BCUT2D eigenvalue weighted by molar-refractivity contribution is 6.02. The number of likely N-dealkylation sites (N-methyl/N-ethyl adjacent to an activating group) is 1. The number of hydrogen-bond acceptors (Lipinski definition) is 4. The van der Waals surface area contributed by atoms with Crippen molar-refractivity contribution in [1.29, 1.82) is 0 Å². The maximum atomic E-state index is 12.3. The minimum absolute atomic E-state index is 0.0775. The van der Waals surface area contributed by atoms with E-state index in [1.165, 1.54) is 0 Å². The van der Waals surface area contributed by atoms with Crippen molar-refractivity contribution in [3.63, 3.8) is 0 Å². The summed E-state index contributed by atoms with van der Waals surface area (Å²) in [5, 5.41) is 4.14. The summed E-state index contributed by atoms with van der Waals surface area (Å²) in [5.41, 5.74) is 7.63. The first-order valence-electron chi connectivity index (χ1n) is 6.70. The van der Waals surface area contributed by atoms with Gasteiger partial charge in [0.05, 0.1) is 11.9 Å². The average Bonchev–Trinajstić information content (AvgIpc) is 2.76. The first-order chi connectivity index (χ1) is 9.81. The molecule has 0 unspecified atom stereocenters. The summed E-state index contributed by atoms with van der Waals surface area (Å²) >= 11 is 0. The fourth-order valence-corrected chi connectivity index (χ4v) is 2.53. The monoisotopic (exact) mass is 286 g/mol. The average molecular weight is 286 g/mol. The Labute approximate surface area is 123 Å². The third-order valence-corrected chi connectivity index (χ3v) is 3.80. The molecule has 1 amide bonds. The molecule has 0 saturated heterocycles. The Kier molecular flexibility index (Phi) is 2.73. The van der Waals surface area contributed by atoms with E-state index in [9.17, 15) is 4.79 Å². The van der Waals surface area contributed by atoms with Crippen LogP contribution >= 0.6 is 0 Å². The van der Waals surface area contributed by atoms with Gasteiger partial charge in [-0.3, -0.25) is 9.48 Å². The van der Waals surface area contributed by atoms with Crippen molar-refractivity contribution >= 4 is 17.4 Å². The fraction of sp³-hybridized carbons (Fsp3) is 0.333. The molecule has 1 aliphatic heterocycles. The van der Waals surface area contributed by atoms with Crippen LogP contribution in [0.15, 0.2) is 24.4 Å². The van der Waals surface area contributed by atoms with Gasteiger partial charge in [0.25, 0.3) is 5.91 Å². The van der Waals surface area contributed by atoms with Crippen molar-refractivity contribution in [3.8, 4) is 16.9 Å². The second-order valence-electron chi connectivity index (χ2n) is 5.73. The van der Waals surface area contributed by atoms with Crippen LogP contribution in [0.1, 0.15) is 13.8 Å². The van der Waals surface area contributed by atoms with Gasteiger partial charge in [0.15, 0.2) is 5.60 Å². The van der Waals surface area contributed by atoms with E-state index in [1.807, 2.05) is 18.2 Å². The van der Waals surface area contributed by atoms with Crippen LogP contribution in [0, 0.1) is 0 Å². The number of ether oxygens (including phenoxy) is 1. The van der Waals surface area contributed by atoms with Gasteiger partial charge in [-0.1, -0.05) is 6.07 Å². The summed E-state index contributed by atoms with van der Waals surface area (Å²) in [6, 6.07) is 5.68. The van der Waals surface area contributed by atoms with E-state index >= 15 is 0 Å². The van der Waals surface area contributed by atoms with Crippen LogP contribution < -0.4 is 15.4 Å². The first kappa shape index (κ1) is 13.5. The number of aryl methyl sites for hydroxylation is 1. The number of amides is 1. The molecule has 0 aliphatic carbocycles. The minimum Gasteiger partial charge on any atom is -0.476 e. The maximum Gasteiger partial charge on any atom is 0.270 e. The Balaban J connectivity index is 2.11. The van der Waals surface area contributed by atoms with E-state index in [4.69, 9.17) is 10.5 Å². The van der Waals surface area contributed by atoms with Gasteiger partial charge in [0.2, 0.25) is 0 Å². The number of hydrogen-bond donors (Lipinski definition) is 1.